The van der Waals surface area contributed by atoms with Crippen LogP contribution in [0.15, 0.2) is 0 Å². The monoisotopic (exact) mass is 250 g/mol. The number of aliphatic hydroxyl groups is 4. The first kappa shape index (κ1) is 14.5. The average molecular weight is 250 g/mol. The van der Waals surface area contributed by atoms with E-state index < -0.39 is 37.3 Å². The highest BCUT2D eigenvalue weighted by Crippen LogP contribution is 2.21. The highest BCUT2D eigenvalue weighted by molar-refractivity contribution is 5.48. The molecular weight excluding hydrogens is 232 g/mol. The summed E-state index contributed by atoms with van der Waals surface area (Å²) >= 11 is 0. The van der Waals surface area contributed by atoms with Crippen molar-refractivity contribution >= 4 is 6.29 Å². The second-order valence-electron chi connectivity index (χ2n) is 3.88. The van der Waals surface area contributed by atoms with E-state index in [1.54, 1.807) is 0 Å². The molecule has 1 saturated heterocycles. The van der Waals surface area contributed by atoms with E-state index in [-0.39, 0.29) is 6.61 Å². The molecule has 17 heavy (non-hydrogen) atoms. The van der Waals surface area contributed by atoms with Crippen LogP contribution >= 0.6 is 0 Å². The van der Waals surface area contributed by atoms with Crippen LogP contribution in [0.1, 0.15) is 12.8 Å². The molecular formula is C10H18O7. The molecule has 0 aromatic heterocycles. The summed E-state index contributed by atoms with van der Waals surface area (Å²) in [6, 6.07) is 0. The molecule has 7 nitrogen and oxygen atoms in total. The predicted octanol–water partition coefficient (Wildman–Crippen LogP) is -2.22. The summed E-state index contributed by atoms with van der Waals surface area (Å²) in [4.78, 5) is 10.1. The Labute approximate surface area is 98.6 Å². The Morgan fingerprint density at radius 2 is 1.88 bits per heavy atom. The van der Waals surface area contributed by atoms with Crippen LogP contribution in [0.5, 0.6) is 0 Å². The van der Waals surface area contributed by atoms with Crippen molar-refractivity contribution in [2.75, 3.05) is 13.2 Å². The Bertz CT molecular complexity index is 233. The average Bonchev–Trinajstić information content (AvgIpc) is 2.34. The summed E-state index contributed by atoms with van der Waals surface area (Å²) < 4.78 is 10.2. The van der Waals surface area contributed by atoms with Gasteiger partial charge in [0.25, 0.3) is 0 Å². The molecule has 0 saturated carbocycles. The number of hydrogen-bond donors (Lipinski definition) is 4. The van der Waals surface area contributed by atoms with E-state index in [0.29, 0.717) is 12.8 Å². The molecule has 1 rings (SSSR count). The van der Waals surface area contributed by atoms with Gasteiger partial charge in [0, 0.05) is 6.42 Å². The van der Waals surface area contributed by atoms with Crippen molar-refractivity contribution in [3.05, 3.63) is 0 Å². The first-order valence-corrected chi connectivity index (χ1v) is 5.47. The van der Waals surface area contributed by atoms with E-state index >= 15 is 0 Å². The number of unbranched alkanes of at least 4 members (excludes halogenated alkanes) is 1. The molecule has 4 N–H and O–H groups in total. The van der Waals surface area contributed by atoms with E-state index in [1.165, 1.54) is 0 Å². The molecule has 0 radical (unpaired) electrons. The van der Waals surface area contributed by atoms with Crippen LogP contribution in [0.4, 0.5) is 0 Å². The molecule has 100 valence electrons. The lowest BCUT2D eigenvalue weighted by Crippen LogP contribution is -2.59. The van der Waals surface area contributed by atoms with Crippen molar-refractivity contribution in [1.29, 1.82) is 0 Å². The van der Waals surface area contributed by atoms with Gasteiger partial charge >= 0.3 is 0 Å². The zero-order chi connectivity index (χ0) is 12.8. The summed E-state index contributed by atoms with van der Waals surface area (Å²) in [5, 5.41) is 37.4. The quantitative estimate of drug-likeness (QED) is 0.312. The van der Waals surface area contributed by atoms with Crippen LogP contribution in [0.3, 0.4) is 0 Å². The Kier molecular flexibility index (Phi) is 5.96. The van der Waals surface area contributed by atoms with Crippen LogP contribution in [-0.2, 0) is 14.3 Å². The second-order valence-corrected chi connectivity index (χ2v) is 3.88. The lowest BCUT2D eigenvalue weighted by Gasteiger charge is -2.39. The minimum absolute atomic E-state index is 0.182. The summed E-state index contributed by atoms with van der Waals surface area (Å²) in [6.45, 7) is -0.305. The molecule has 5 atom stereocenters. The molecule has 1 aliphatic rings. The Morgan fingerprint density at radius 3 is 2.47 bits per heavy atom. The van der Waals surface area contributed by atoms with E-state index in [0.717, 1.165) is 6.29 Å². The Balaban J connectivity index is 2.44. The minimum Gasteiger partial charge on any atom is -0.394 e. The molecule has 0 aromatic rings. The zero-order valence-electron chi connectivity index (χ0n) is 9.31. The fourth-order valence-corrected chi connectivity index (χ4v) is 1.57. The lowest BCUT2D eigenvalue weighted by molar-refractivity contribution is -0.301. The van der Waals surface area contributed by atoms with Gasteiger partial charge in [-0.25, -0.2) is 0 Å². The van der Waals surface area contributed by atoms with Gasteiger partial charge in [0.15, 0.2) is 6.29 Å². The van der Waals surface area contributed by atoms with Gasteiger partial charge in [0.2, 0.25) is 0 Å². The smallest absolute Gasteiger partial charge is 0.186 e. The molecule has 0 aromatic carbocycles. The van der Waals surface area contributed by atoms with Gasteiger partial charge in [-0.3, -0.25) is 0 Å². The molecule has 0 aliphatic carbocycles. The van der Waals surface area contributed by atoms with Gasteiger partial charge in [0.1, 0.15) is 30.7 Å². The third-order valence-electron chi connectivity index (χ3n) is 2.60. The molecule has 1 aliphatic heterocycles. The number of carbonyl (C=O) groups is 1. The largest absolute Gasteiger partial charge is 0.394 e. The number of hydrogen-bond acceptors (Lipinski definition) is 7. The number of rotatable bonds is 6. The number of aldehydes is 1. The molecule has 0 spiro atoms. The highest BCUT2D eigenvalue weighted by Gasteiger charge is 2.43. The molecule has 0 amide bonds. The highest BCUT2D eigenvalue weighted by atomic mass is 16.7. The van der Waals surface area contributed by atoms with Crippen molar-refractivity contribution in [3.8, 4) is 0 Å². The van der Waals surface area contributed by atoms with Crippen LogP contribution in [0, 0.1) is 0 Å². The fourth-order valence-electron chi connectivity index (χ4n) is 1.57. The first-order chi connectivity index (χ1) is 8.11. The zero-order valence-corrected chi connectivity index (χ0v) is 9.31. The SMILES string of the molecule is O=CCCCO[C@H]1O[C@H](CO)[C@@H](O)[C@H](O)[C@@H]1O. The van der Waals surface area contributed by atoms with Gasteiger partial charge in [-0.05, 0) is 6.42 Å². The number of carbonyl (C=O) groups excluding carboxylic acids is 1. The maximum Gasteiger partial charge on any atom is 0.186 e. The predicted molar refractivity (Wildman–Crippen MR) is 55.0 cm³/mol. The molecule has 1 fully saturated rings. The van der Waals surface area contributed by atoms with Gasteiger partial charge in [0.05, 0.1) is 13.2 Å². The summed E-state index contributed by atoms with van der Waals surface area (Å²) in [5.41, 5.74) is 0. The van der Waals surface area contributed by atoms with E-state index in [9.17, 15) is 20.1 Å². The molecule has 0 bridgehead atoms. The third kappa shape index (κ3) is 3.70. The van der Waals surface area contributed by atoms with Gasteiger partial charge < -0.3 is 34.7 Å². The summed E-state index contributed by atoms with van der Waals surface area (Å²) in [5.74, 6) is 0. The van der Waals surface area contributed by atoms with Gasteiger partial charge in [-0.1, -0.05) is 0 Å². The lowest BCUT2D eigenvalue weighted by atomic mass is 9.99. The number of ether oxygens (including phenoxy) is 2. The molecule has 1 heterocycles. The van der Waals surface area contributed by atoms with Crippen molar-refractivity contribution < 1.29 is 34.7 Å². The van der Waals surface area contributed by atoms with Gasteiger partial charge in [-0.15, -0.1) is 0 Å². The molecule has 0 unspecified atom stereocenters. The van der Waals surface area contributed by atoms with Crippen molar-refractivity contribution in [3.63, 3.8) is 0 Å². The van der Waals surface area contributed by atoms with E-state index in [4.69, 9.17) is 14.6 Å². The van der Waals surface area contributed by atoms with E-state index in [1.807, 2.05) is 0 Å². The minimum atomic E-state index is -1.43. The summed E-state index contributed by atoms with van der Waals surface area (Å²) in [7, 11) is 0. The topological polar surface area (TPSA) is 116 Å². The van der Waals surface area contributed by atoms with Crippen LogP contribution < -0.4 is 0 Å². The maximum absolute atomic E-state index is 10.1. The fraction of sp³-hybridized carbons (Fsp3) is 0.900. The van der Waals surface area contributed by atoms with Crippen molar-refractivity contribution in [2.45, 2.75) is 43.5 Å². The van der Waals surface area contributed by atoms with Crippen LogP contribution in [0.25, 0.3) is 0 Å². The Morgan fingerprint density at radius 1 is 1.18 bits per heavy atom. The summed E-state index contributed by atoms with van der Waals surface area (Å²) in [6.07, 6.45) is -4.74. The normalized spacial score (nSPS) is 38.0. The van der Waals surface area contributed by atoms with E-state index in [2.05, 4.69) is 0 Å². The van der Waals surface area contributed by atoms with Crippen molar-refractivity contribution in [1.82, 2.24) is 0 Å². The molecule has 7 heteroatoms. The van der Waals surface area contributed by atoms with Crippen LogP contribution in [-0.4, -0.2) is 70.6 Å². The number of aliphatic hydroxyl groups excluding tert-OH is 4. The Hall–Kier alpha value is -0.570. The van der Waals surface area contributed by atoms with Crippen molar-refractivity contribution in [2.24, 2.45) is 0 Å². The second kappa shape index (κ2) is 7.00. The van der Waals surface area contributed by atoms with Crippen LogP contribution in [0.2, 0.25) is 0 Å². The maximum atomic E-state index is 10.1. The van der Waals surface area contributed by atoms with Gasteiger partial charge in [-0.2, -0.15) is 0 Å². The first-order valence-electron chi connectivity index (χ1n) is 5.47. The third-order valence-corrected chi connectivity index (χ3v) is 2.60. The standard InChI is InChI=1S/C10H18O7/c11-3-1-2-4-16-10-9(15)8(14)7(13)6(5-12)17-10/h3,6-10,12-15H,1-2,4-5H2/t6-,7-,8+,9+,10+/m1/s1.